The number of hydrogen-bond acceptors (Lipinski definition) is 6. The third kappa shape index (κ3) is 5.78. The Balaban J connectivity index is 2.16. The Morgan fingerprint density at radius 3 is 2.44 bits per heavy atom. The van der Waals surface area contributed by atoms with Crippen molar-refractivity contribution in [2.75, 3.05) is 5.32 Å². The van der Waals surface area contributed by atoms with Gasteiger partial charge in [0.25, 0.3) is 0 Å². The molecular formula is C17H23FN4O3S2. The fraction of sp³-hybridized carbons (Fsp3) is 0.471. The Labute approximate surface area is 162 Å². The van der Waals surface area contributed by atoms with Crippen molar-refractivity contribution in [1.29, 1.82) is 0 Å². The molecule has 2 aromatic rings. The zero-order chi connectivity index (χ0) is 20.2. The van der Waals surface area contributed by atoms with Crippen molar-refractivity contribution in [3.63, 3.8) is 0 Å². The molecule has 0 saturated heterocycles. The van der Waals surface area contributed by atoms with Gasteiger partial charge in [0.05, 0.1) is 0 Å². The smallest absolute Gasteiger partial charge is 0.244 e. The SMILES string of the molecule is CC(C)Cc1nnc(NC(=O)[C@@H](NS(=O)(=O)c2ccccc2F)C(C)C)s1. The van der Waals surface area contributed by atoms with Crippen LogP contribution in [0.25, 0.3) is 0 Å². The van der Waals surface area contributed by atoms with Gasteiger partial charge >= 0.3 is 0 Å². The van der Waals surface area contributed by atoms with Gasteiger partial charge < -0.3 is 0 Å². The van der Waals surface area contributed by atoms with Crippen LogP contribution in [-0.2, 0) is 21.2 Å². The van der Waals surface area contributed by atoms with Gasteiger partial charge in [-0.15, -0.1) is 10.2 Å². The minimum Gasteiger partial charge on any atom is -0.299 e. The molecule has 10 heteroatoms. The summed E-state index contributed by atoms with van der Waals surface area (Å²) in [6, 6.07) is 3.92. The average molecular weight is 415 g/mol. The second kappa shape index (κ2) is 8.85. The number of nitrogens with one attached hydrogen (secondary N) is 2. The molecule has 0 fully saturated rings. The average Bonchev–Trinajstić information content (AvgIpc) is 2.98. The van der Waals surface area contributed by atoms with Crippen molar-refractivity contribution in [2.45, 2.75) is 45.1 Å². The molecule has 0 aliphatic carbocycles. The van der Waals surface area contributed by atoms with Gasteiger partial charge in [-0.2, -0.15) is 4.72 Å². The Kier molecular flexibility index (Phi) is 7.01. The van der Waals surface area contributed by atoms with Crippen molar-refractivity contribution in [3.05, 3.63) is 35.1 Å². The standard InChI is InChI=1S/C17H23FN4O3S2/c1-10(2)9-14-20-21-17(26-14)19-16(23)15(11(3)4)22-27(24,25)13-8-6-5-7-12(13)18/h5-8,10-11,15,22H,9H2,1-4H3,(H,19,21,23)/t15-/m0/s1. The van der Waals surface area contributed by atoms with Crippen molar-refractivity contribution in [3.8, 4) is 0 Å². The van der Waals surface area contributed by atoms with Gasteiger partial charge in [0.15, 0.2) is 0 Å². The Morgan fingerprint density at radius 2 is 1.85 bits per heavy atom. The first kappa shape index (κ1) is 21.4. The number of halogens is 1. The second-order valence-corrected chi connectivity index (χ2v) is 9.61. The summed E-state index contributed by atoms with van der Waals surface area (Å²) in [4.78, 5) is 12.1. The molecule has 0 aliphatic rings. The van der Waals surface area contributed by atoms with Crippen LogP contribution in [0, 0.1) is 17.7 Å². The number of hydrogen-bond donors (Lipinski definition) is 2. The lowest BCUT2D eigenvalue weighted by Crippen LogP contribution is -2.47. The molecule has 1 heterocycles. The van der Waals surface area contributed by atoms with E-state index < -0.39 is 32.7 Å². The van der Waals surface area contributed by atoms with Crippen LogP contribution >= 0.6 is 11.3 Å². The van der Waals surface area contributed by atoms with Crippen molar-refractivity contribution in [2.24, 2.45) is 11.8 Å². The summed E-state index contributed by atoms with van der Waals surface area (Å²) in [7, 11) is -4.20. The molecular weight excluding hydrogens is 391 g/mol. The quantitative estimate of drug-likeness (QED) is 0.692. The number of sulfonamides is 1. The molecule has 7 nitrogen and oxygen atoms in total. The Bertz CT molecular complexity index is 897. The number of carbonyl (C=O) groups is 1. The summed E-state index contributed by atoms with van der Waals surface area (Å²) in [5.41, 5.74) is 0. The number of benzene rings is 1. The predicted octanol–water partition coefficient (Wildman–Crippen LogP) is 2.82. The Morgan fingerprint density at radius 1 is 1.19 bits per heavy atom. The van der Waals surface area contributed by atoms with E-state index in [0.717, 1.165) is 23.6 Å². The lowest BCUT2D eigenvalue weighted by molar-refractivity contribution is -0.118. The maximum Gasteiger partial charge on any atom is 0.244 e. The topological polar surface area (TPSA) is 101 Å². The first-order chi connectivity index (χ1) is 12.6. The number of anilines is 1. The molecule has 1 aromatic heterocycles. The van der Waals surface area contributed by atoms with Gasteiger partial charge in [0.2, 0.25) is 21.1 Å². The van der Waals surface area contributed by atoms with Crippen LogP contribution in [-0.4, -0.2) is 30.6 Å². The van der Waals surface area contributed by atoms with Gasteiger partial charge in [0, 0.05) is 6.42 Å². The number of amides is 1. The lowest BCUT2D eigenvalue weighted by atomic mass is 10.1. The molecule has 0 saturated carbocycles. The fourth-order valence-electron chi connectivity index (χ4n) is 2.30. The first-order valence-electron chi connectivity index (χ1n) is 8.50. The normalized spacial score (nSPS) is 13.1. The van der Waals surface area contributed by atoms with Crippen molar-refractivity contribution >= 4 is 32.4 Å². The van der Waals surface area contributed by atoms with E-state index in [4.69, 9.17) is 0 Å². The minimum absolute atomic E-state index is 0.298. The van der Waals surface area contributed by atoms with E-state index in [9.17, 15) is 17.6 Å². The van der Waals surface area contributed by atoms with Crippen LogP contribution in [0.1, 0.15) is 32.7 Å². The molecule has 0 spiro atoms. The maximum atomic E-state index is 13.9. The summed E-state index contributed by atoms with van der Waals surface area (Å²) < 4.78 is 41.1. The third-order valence-electron chi connectivity index (χ3n) is 3.64. The highest BCUT2D eigenvalue weighted by atomic mass is 32.2. The third-order valence-corrected chi connectivity index (χ3v) is 5.97. The van der Waals surface area contributed by atoms with Crippen LogP contribution in [0.2, 0.25) is 0 Å². The van der Waals surface area contributed by atoms with Gasteiger partial charge in [-0.1, -0.05) is 51.2 Å². The monoisotopic (exact) mass is 414 g/mol. The van der Waals surface area contributed by atoms with Crippen LogP contribution < -0.4 is 10.0 Å². The highest BCUT2D eigenvalue weighted by molar-refractivity contribution is 7.89. The molecule has 27 heavy (non-hydrogen) atoms. The van der Waals surface area contributed by atoms with E-state index in [1.807, 2.05) is 13.8 Å². The summed E-state index contributed by atoms with van der Waals surface area (Å²) in [6.45, 7) is 7.48. The van der Waals surface area contributed by atoms with Gasteiger partial charge in [0.1, 0.15) is 21.8 Å². The van der Waals surface area contributed by atoms with E-state index >= 15 is 0 Å². The van der Waals surface area contributed by atoms with E-state index in [-0.39, 0.29) is 5.92 Å². The van der Waals surface area contributed by atoms with Crippen molar-refractivity contribution in [1.82, 2.24) is 14.9 Å². The molecule has 2 rings (SSSR count). The predicted molar refractivity (Wildman–Crippen MR) is 102 cm³/mol. The highest BCUT2D eigenvalue weighted by Crippen LogP contribution is 2.20. The first-order valence-corrected chi connectivity index (χ1v) is 10.8. The molecule has 1 atom stereocenters. The summed E-state index contributed by atoms with van der Waals surface area (Å²) >= 11 is 1.24. The van der Waals surface area contributed by atoms with E-state index in [2.05, 4.69) is 20.2 Å². The summed E-state index contributed by atoms with van der Waals surface area (Å²) in [6.07, 6.45) is 0.737. The zero-order valence-electron chi connectivity index (χ0n) is 15.6. The minimum atomic E-state index is -4.20. The van der Waals surface area contributed by atoms with Crippen LogP contribution in [0.4, 0.5) is 9.52 Å². The molecule has 0 aliphatic heterocycles. The maximum absolute atomic E-state index is 13.9. The van der Waals surface area contributed by atoms with E-state index in [1.54, 1.807) is 13.8 Å². The molecule has 0 radical (unpaired) electrons. The number of nitrogens with zero attached hydrogens (tertiary/aromatic N) is 2. The van der Waals surface area contributed by atoms with Crippen LogP contribution in [0.15, 0.2) is 29.2 Å². The van der Waals surface area contributed by atoms with Gasteiger partial charge in [-0.25, -0.2) is 12.8 Å². The van der Waals surface area contributed by atoms with E-state index in [0.29, 0.717) is 11.0 Å². The fourth-order valence-corrected chi connectivity index (χ4v) is 4.68. The summed E-state index contributed by atoms with van der Waals surface area (Å²) in [5.74, 6) is -1.42. The highest BCUT2D eigenvalue weighted by Gasteiger charge is 2.30. The zero-order valence-corrected chi connectivity index (χ0v) is 17.2. The van der Waals surface area contributed by atoms with Crippen LogP contribution in [0.3, 0.4) is 0 Å². The Hall–Kier alpha value is -1.91. The molecule has 2 N–H and O–H groups in total. The lowest BCUT2D eigenvalue weighted by Gasteiger charge is -2.21. The van der Waals surface area contributed by atoms with Crippen LogP contribution in [0.5, 0.6) is 0 Å². The molecule has 0 unspecified atom stereocenters. The molecule has 1 aromatic carbocycles. The molecule has 0 bridgehead atoms. The largest absolute Gasteiger partial charge is 0.299 e. The van der Waals surface area contributed by atoms with Crippen molar-refractivity contribution < 1.29 is 17.6 Å². The second-order valence-electron chi connectivity index (χ2n) is 6.86. The molecule has 148 valence electrons. The summed E-state index contributed by atoms with van der Waals surface area (Å²) in [5, 5.41) is 11.6. The van der Waals surface area contributed by atoms with Gasteiger partial charge in [-0.05, 0) is 24.0 Å². The number of aromatic nitrogens is 2. The van der Waals surface area contributed by atoms with E-state index in [1.165, 1.54) is 23.5 Å². The number of rotatable bonds is 8. The molecule has 1 amide bonds. The number of carbonyl (C=O) groups excluding carboxylic acids is 1. The van der Waals surface area contributed by atoms with Gasteiger partial charge in [-0.3, -0.25) is 10.1 Å².